The molecule has 19 heavy (non-hydrogen) atoms. The molecule has 0 saturated carbocycles. The van der Waals surface area contributed by atoms with Gasteiger partial charge in [-0.2, -0.15) is 0 Å². The van der Waals surface area contributed by atoms with Crippen molar-refractivity contribution in [3.8, 4) is 0 Å². The summed E-state index contributed by atoms with van der Waals surface area (Å²) in [6, 6.07) is 6.43. The van der Waals surface area contributed by atoms with E-state index >= 15 is 0 Å². The van der Waals surface area contributed by atoms with Gasteiger partial charge in [0.15, 0.2) is 0 Å². The van der Waals surface area contributed by atoms with Gasteiger partial charge in [-0.1, -0.05) is 65.8 Å². The lowest BCUT2D eigenvalue weighted by Gasteiger charge is -2.28. The fraction of sp³-hybridized carbons (Fsp3) is 0.500. The van der Waals surface area contributed by atoms with Crippen LogP contribution in [0.5, 0.6) is 0 Å². The van der Waals surface area contributed by atoms with Gasteiger partial charge in [-0.05, 0) is 35.6 Å². The zero-order valence-corrected chi connectivity index (χ0v) is 13.5. The van der Waals surface area contributed by atoms with Gasteiger partial charge in [0.05, 0.1) is 5.69 Å². The van der Waals surface area contributed by atoms with Crippen molar-refractivity contribution < 1.29 is 0 Å². The minimum atomic E-state index is 0.0727. The number of allylic oxidation sites excluding steroid dienone is 2. The molecule has 0 radical (unpaired) electrons. The quantitative estimate of drug-likeness (QED) is 0.597. The Balaban J connectivity index is 3.59. The van der Waals surface area contributed by atoms with Crippen LogP contribution in [0.3, 0.4) is 0 Å². The first-order valence-electron chi connectivity index (χ1n) is 6.90. The number of hydrogen-bond acceptors (Lipinski definition) is 1. The molecule has 0 aliphatic carbocycles. The van der Waals surface area contributed by atoms with Crippen LogP contribution in [0.4, 0.5) is 5.69 Å². The molecule has 0 aromatic heterocycles. The van der Waals surface area contributed by atoms with Gasteiger partial charge in [0.1, 0.15) is 0 Å². The SMILES string of the molecule is C=Nc1c(/C(=C\C)C(C)(C)C)cccc1C(C)(C)C. The van der Waals surface area contributed by atoms with Gasteiger partial charge >= 0.3 is 0 Å². The molecule has 0 heterocycles. The molecule has 0 amide bonds. The Morgan fingerprint density at radius 2 is 1.68 bits per heavy atom. The molecular formula is C18H27N. The van der Waals surface area contributed by atoms with Crippen LogP contribution in [-0.2, 0) is 5.41 Å². The Morgan fingerprint density at radius 1 is 1.11 bits per heavy atom. The van der Waals surface area contributed by atoms with Crippen LogP contribution in [0.15, 0.2) is 29.3 Å². The van der Waals surface area contributed by atoms with Crippen molar-refractivity contribution in [2.45, 2.75) is 53.9 Å². The molecule has 1 aromatic carbocycles. The maximum atomic E-state index is 4.33. The molecule has 1 nitrogen and oxygen atoms in total. The highest BCUT2D eigenvalue weighted by atomic mass is 14.7. The van der Waals surface area contributed by atoms with Crippen molar-refractivity contribution in [3.05, 3.63) is 35.4 Å². The Morgan fingerprint density at radius 3 is 2.05 bits per heavy atom. The van der Waals surface area contributed by atoms with E-state index < -0.39 is 0 Å². The fourth-order valence-electron chi connectivity index (χ4n) is 2.53. The number of aliphatic imine (C=N–C) groups is 1. The van der Waals surface area contributed by atoms with Crippen LogP contribution in [0.25, 0.3) is 5.57 Å². The van der Waals surface area contributed by atoms with Crippen molar-refractivity contribution >= 4 is 18.0 Å². The summed E-state index contributed by atoms with van der Waals surface area (Å²) in [7, 11) is 0. The summed E-state index contributed by atoms with van der Waals surface area (Å²) >= 11 is 0. The summed E-state index contributed by atoms with van der Waals surface area (Å²) in [4.78, 5) is 4.33. The Kier molecular flexibility index (Phi) is 4.39. The Labute approximate surface area is 118 Å². The lowest BCUT2D eigenvalue weighted by Crippen LogP contribution is -2.14. The van der Waals surface area contributed by atoms with Crippen LogP contribution in [0.2, 0.25) is 0 Å². The van der Waals surface area contributed by atoms with Crippen molar-refractivity contribution in [1.82, 2.24) is 0 Å². The third-order valence-corrected chi connectivity index (χ3v) is 3.39. The number of nitrogens with zero attached hydrogens (tertiary/aromatic N) is 1. The highest BCUT2D eigenvalue weighted by molar-refractivity contribution is 5.80. The van der Waals surface area contributed by atoms with Crippen molar-refractivity contribution in [3.63, 3.8) is 0 Å². The first-order chi connectivity index (χ1) is 8.62. The summed E-state index contributed by atoms with van der Waals surface area (Å²) in [6.07, 6.45) is 2.19. The Hall–Kier alpha value is -1.37. The fourth-order valence-corrected chi connectivity index (χ4v) is 2.53. The maximum absolute atomic E-state index is 4.33. The summed E-state index contributed by atoms with van der Waals surface area (Å²) < 4.78 is 0. The molecule has 1 aromatic rings. The molecule has 0 aliphatic rings. The molecule has 0 atom stereocenters. The van der Waals surface area contributed by atoms with E-state index in [0.717, 1.165) is 5.69 Å². The third-order valence-electron chi connectivity index (χ3n) is 3.39. The minimum absolute atomic E-state index is 0.0727. The van der Waals surface area contributed by atoms with Gasteiger partial charge in [-0.25, -0.2) is 0 Å². The molecule has 1 rings (SSSR count). The molecule has 104 valence electrons. The van der Waals surface area contributed by atoms with Crippen LogP contribution in [0.1, 0.15) is 59.6 Å². The van der Waals surface area contributed by atoms with E-state index in [1.54, 1.807) is 0 Å². The zero-order valence-electron chi connectivity index (χ0n) is 13.5. The second kappa shape index (κ2) is 5.32. The smallest absolute Gasteiger partial charge is 0.0734 e. The van der Waals surface area contributed by atoms with Gasteiger partial charge in [0, 0.05) is 5.56 Å². The average molecular weight is 257 g/mol. The predicted octanol–water partition coefficient (Wildman–Crippen LogP) is 5.77. The molecule has 0 saturated heterocycles. The van der Waals surface area contributed by atoms with Crippen LogP contribution in [-0.4, -0.2) is 6.72 Å². The van der Waals surface area contributed by atoms with Crippen molar-refractivity contribution in [2.75, 3.05) is 0 Å². The Bertz CT molecular complexity index is 493. The monoisotopic (exact) mass is 257 g/mol. The van der Waals surface area contributed by atoms with Gasteiger partial charge in [0.2, 0.25) is 0 Å². The summed E-state index contributed by atoms with van der Waals surface area (Å²) in [5.74, 6) is 0. The van der Waals surface area contributed by atoms with Gasteiger partial charge in [-0.15, -0.1) is 0 Å². The average Bonchev–Trinajstić information content (AvgIpc) is 2.26. The van der Waals surface area contributed by atoms with Gasteiger partial charge in [-0.3, -0.25) is 4.99 Å². The summed E-state index contributed by atoms with van der Waals surface area (Å²) in [6.45, 7) is 19.2. The molecule has 0 aliphatic heterocycles. The second-order valence-electron chi connectivity index (χ2n) is 7.06. The molecule has 1 heteroatoms. The summed E-state index contributed by atoms with van der Waals surface area (Å²) in [5.41, 5.74) is 4.98. The zero-order chi connectivity index (χ0) is 14.8. The number of rotatable bonds is 2. The first-order valence-corrected chi connectivity index (χ1v) is 6.90. The number of benzene rings is 1. The van der Waals surface area contributed by atoms with Gasteiger partial charge < -0.3 is 0 Å². The van der Waals surface area contributed by atoms with Crippen molar-refractivity contribution in [2.24, 2.45) is 10.4 Å². The standard InChI is InChI=1S/C18H27N/c1-9-14(17(2,3)4)13-11-10-12-15(16(13)19-8)18(5,6)7/h9-12H,8H2,1-7H3/b14-9+. The largest absolute Gasteiger partial charge is 0.264 e. The van der Waals surface area contributed by atoms with E-state index in [1.807, 2.05) is 0 Å². The molecule has 0 spiro atoms. The van der Waals surface area contributed by atoms with E-state index in [1.165, 1.54) is 16.7 Å². The highest BCUT2D eigenvalue weighted by Gasteiger charge is 2.24. The van der Waals surface area contributed by atoms with Crippen LogP contribution >= 0.6 is 0 Å². The third kappa shape index (κ3) is 3.34. The second-order valence-corrected chi connectivity index (χ2v) is 7.06. The molecule has 0 fully saturated rings. The normalized spacial score (nSPS) is 13.5. The molecule has 0 bridgehead atoms. The summed E-state index contributed by atoms with van der Waals surface area (Å²) in [5, 5.41) is 0. The van der Waals surface area contributed by atoms with E-state index in [-0.39, 0.29) is 10.8 Å². The number of hydrogen-bond donors (Lipinski definition) is 0. The molecule has 0 N–H and O–H groups in total. The minimum Gasteiger partial charge on any atom is -0.264 e. The van der Waals surface area contributed by atoms with E-state index in [2.05, 4.69) is 84.5 Å². The first kappa shape index (κ1) is 15.7. The molecule has 0 unspecified atom stereocenters. The lowest BCUT2D eigenvalue weighted by atomic mass is 9.78. The van der Waals surface area contributed by atoms with Crippen LogP contribution < -0.4 is 0 Å². The van der Waals surface area contributed by atoms with Crippen LogP contribution in [0, 0.1) is 5.41 Å². The maximum Gasteiger partial charge on any atom is 0.0734 e. The molecular weight excluding hydrogens is 230 g/mol. The predicted molar refractivity (Wildman–Crippen MR) is 87.5 cm³/mol. The van der Waals surface area contributed by atoms with E-state index in [0.29, 0.717) is 0 Å². The van der Waals surface area contributed by atoms with Crippen molar-refractivity contribution in [1.29, 1.82) is 0 Å². The number of para-hydroxylation sites is 1. The highest BCUT2D eigenvalue weighted by Crippen LogP contribution is 2.42. The van der Waals surface area contributed by atoms with Gasteiger partial charge in [0.25, 0.3) is 0 Å². The topological polar surface area (TPSA) is 12.4 Å². The van der Waals surface area contributed by atoms with E-state index in [4.69, 9.17) is 0 Å². The lowest BCUT2D eigenvalue weighted by molar-refractivity contribution is 0.564. The van der Waals surface area contributed by atoms with E-state index in [9.17, 15) is 0 Å².